The Morgan fingerprint density at radius 2 is 2.00 bits per heavy atom. The number of rotatable bonds is 7. The average molecular weight is 331 g/mol. The third-order valence-corrected chi connectivity index (χ3v) is 3.68. The van der Waals surface area contributed by atoms with Crippen molar-refractivity contribution in [2.24, 2.45) is 0 Å². The maximum Gasteiger partial charge on any atom is 0.417 e. The summed E-state index contributed by atoms with van der Waals surface area (Å²) in [6.07, 6.45) is 2.66. The standard InChI is InChI=1S/C18H21NO5/c1-2-3-7-12-23-18(22)19-15(10-11-16(19)20)17(21)24-13-14-8-5-4-6-9-14/h2,4-6,8-9,15H,1,3,7,10-13H2/t15-/m0/s1. The van der Waals surface area contributed by atoms with Crippen molar-refractivity contribution < 1.29 is 23.9 Å². The number of carbonyl (C=O) groups excluding carboxylic acids is 3. The van der Waals surface area contributed by atoms with Crippen LogP contribution in [-0.2, 0) is 25.7 Å². The Hall–Kier alpha value is -2.63. The van der Waals surface area contributed by atoms with E-state index in [0.29, 0.717) is 12.8 Å². The third kappa shape index (κ3) is 4.68. The maximum atomic E-state index is 12.2. The number of hydrogen-bond donors (Lipinski definition) is 0. The van der Waals surface area contributed by atoms with E-state index in [1.165, 1.54) is 0 Å². The van der Waals surface area contributed by atoms with Crippen LogP contribution in [0, 0.1) is 0 Å². The topological polar surface area (TPSA) is 72.9 Å². The van der Waals surface area contributed by atoms with E-state index >= 15 is 0 Å². The molecule has 0 aliphatic carbocycles. The second-order valence-electron chi connectivity index (χ2n) is 5.46. The molecule has 0 unspecified atom stereocenters. The SMILES string of the molecule is C=CCCCOC(=O)N1C(=O)CC[C@H]1C(=O)OCc1ccccc1. The summed E-state index contributed by atoms with van der Waals surface area (Å²) in [6.45, 7) is 3.87. The van der Waals surface area contributed by atoms with Crippen LogP contribution in [0.15, 0.2) is 43.0 Å². The number of hydrogen-bond acceptors (Lipinski definition) is 5. The molecule has 0 N–H and O–H groups in total. The van der Waals surface area contributed by atoms with Crippen molar-refractivity contribution in [3.8, 4) is 0 Å². The molecule has 1 aromatic rings. The van der Waals surface area contributed by atoms with Gasteiger partial charge in [-0.2, -0.15) is 0 Å². The first-order valence-corrected chi connectivity index (χ1v) is 7.93. The molecule has 1 atom stereocenters. The minimum Gasteiger partial charge on any atom is -0.459 e. The van der Waals surface area contributed by atoms with Gasteiger partial charge in [-0.1, -0.05) is 36.4 Å². The molecule has 2 amide bonds. The van der Waals surface area contributed by atoms with E-state index in [2.05, 4.69) is 6.58 Å². The van der Waals surface area contributed by atoms with Crippen molar-refractivity contribution in [2.45, 2.75) is 38.3 Å². The van der Waals surface area contributed by atoms with Crippen LogP contribution < -0.4 is 0 Å². The highest BCUT2D eigenvalue weighted by Crippen LogP contribution is 2.21. The lowest BCUT2D eigenvalue weighted by atomic mass is 10.2. The minimum atomic E-state index is -0.909. The van der Waals surface area contributed by atoms with Crippen LogP contribution in [-0.4, -0.2) is 35.5 Å². The molecule has 24 heavy (non-hydrogen) atoms. The number of ether oxygens (including phenoxy) is 2. The fourth-order valence-corrected chi connectivity index (χ4v) is 2.42. The number of unbranched alkanes of at least 4 members (excludes halogenated alkanes) is 1. The Morgan fingerprint density at radius 1 is 1.25 bits per heavy atom. The van der Waals surface area contributed by atoms with Crippen LogP contribution in [0.1, 0.15) is 31.2 Å². The lowest BCUT2D eigenvalue weighted by Crippen LogP contribution is -2.44. The largest absolute Gasteiger partial charge is 0.459 e. The summed E-state index contributed by atoms with van der Waals surface area (Å²) in [7, 11) is 0. The number of imide groups is 1. The first-order chi connectivity index (χ1) is 11.6. The number of nitrogens with zero attached hydrogens (tertiary/aromatic N) is 1. The van der Waals surface area contributed by atoms with Gasteiger partial charge < -0.3 is 9.47 Å². The molecule has 0 bridgehead atoms. The van der Waals surface area contributed by atoms with Crippen molar-refractivity contribution >= 4 is 18.0 Å². The van der Waals surface area contributed by atoms with Gasteiger partial charge in [-0.3, -0.25) is 4.79 Å². The van der Waals surface area contributed by atoms with Gasteiger partial charge in [0.1, 0.15) is 12.6 Å². The molecule has 0 radical (unpaired) electrons. The first-order valence-electron chi connectivity index (χ1n) is 7.93. The van der Waals surface area contributed by atoms with E-state index < -0.39 is 24.0 Å². The van der Waals surface area contributed by atoms with Crippen molar-refractivity contribution in [1.82, 2.24) is 4.90 Å². The zero-order chi connectivity index (χ0) is 17.4. The molecule has 6 nitrogen and oxygen atoms in total. The molecule has 6 heteroatoms. The number of esters is 1. The molecular formula is C18H21NO5. The van der Waals surface area contributed by atoms with E-state index in [9.17, 15) is 14.4 Å². The summed E-state index contributed by atoms with van der Waals surface area (Å²) in [5.41, 5.74) is 0.841. The molecule has 1 heterocycles. The van der Waals surface area contributed by atoms with Crippen LogP contribution >= 0.6 is 0 Å². The highest BCUT2D eigenvalue weighted by atomic mass is 16.6. The van der Waals surface area contributed by atoms with Gasteiger partial charge in [0.05, 0.1) is 6.61 Å². The summed E-state index contributed by atoms with van der Waals surface area (Å²) in [4.78, 5) is 37.0. The summed E-state index contributed by atoms with van der Waals surface area (Å²) in [6, 6.07) is 8.31. The van der Waals surface area contributed by atoms with E-state index in [1.54, 1.807) is 6.08 Å². The molecule has 2 rings (SSSR count). The van der Waals surface area contributed by atoms with Crippen LogP contribution in [0.2, 0.25) is 0 Å². The molecule has 1 fully saturated rings. The second kappa shape index (κ2) is 8.86. The molecule has 1 aliphatic rings. The highest BCUT2D eigenvalue weighted by molar-refractivity contribution is 5.99. The summed E-state index contributed by atoms with van der Waals surface area (Å²) >= 11 is 0. The smallest absolute Gasteiger partial charge is 0.417 e. The lowest BCUT2D eigenvalue weighted by Gasteiger charge is -2.21. The van der Waals surface area contributed by atoms with Crippen molar-refractivity contribution in [3.63, 3.8) is 0 Å². The number of amides is 2. The predicted octanol–water partition coefficient (Wildman–Crippen LogP) is 2.82. The summed E-state index contributed by atoms with van der Waals surface area (Å²) in [5.74, 6) is -1.00. The zero-order valence-electron chi connectivity index (χ0n) is 13.5. The fraction of sp³-hybridized carbons (Fsp3) is 0.389. The molecule has 0 spiro atoms. The Balaban J connectivity index is 1.89. The van der Waals surface area contributed by atoms with Gasteiger partial charge in [0.2, 0.25) is 5.91 Å². The van der Waals surface area contributed by atoms with Crippen molar-refractivity contribution in [1.29, 1.82) is 0 Å². The van der Waals surface area contributed by atoms with Gasteiger partial charge in [0.25, 0.3) is 0 Å². The molecule has 1 aromatic carbocycles. The Labute approximate surface area is 141 Å². The Kier molecular flexibility index (Phi) is 6.54. The zero-order valence-corrected chi connectivity index (χ0v) is 13.5. The quantitative estimate of drug-likeness (QED) is 0.436. The van der Waals surface area contributed by atoms with E-state index in [-0.39, 0.29) is 26.1 Å². The number of allylic oxidation sites excluding steroid dienone is 1. The third-order valence-electron chi connectivity index (χ3n) is 3.68. The number of carbonyl (C=O) groups is 3. The molecule has 0 aromatic heterocycles. The monoisotopic (exact) mass is 331 g/mol. The predicted molar refractivity (Wildman–Crippen MR) is 86.9 cm³/mol. The minimum absolute atomic E-state index is 0.104. The number of likely N-dealkylation sites (tertiary alicyclic amines) is 1. The van der Waals surface area contributed by atoms with Gasteiger partial charge in [-0.15, -0.1) is 6.58 Å². The van der Waals surface area contributed by atoms with Gasteiger partial charge >= 0.3 is 12.1 Å². The van der Waals surface area contributed by atoms with Gasteiger partial charge in [-0.25, -0.2) is 14.5 Å². The van der Waals surface area contributed by atoms with Gasteiger partial charge in [0.15, 0.2) is 0 Å². The molecule has 128 valence electrons. The highest BCUT2D eigenvalue weighted by Gasteiger charge is 2.42. The Bertz CT molecular complexity index is 599. The summed E-state index contributed by atoms with van der Waals surface area (Å²) in [5, 5.41) is 0. The normalized spacial score (nSPS) is 16.8. The van der Waals surface area contributed by atoms with Gasteiger partial charge in [0, 0.05) is 6.42 Å². The molecule has 1 saturated heterocycles. The van der Waals surface area contributed by atoms with Crippen molar-refractivity contribution in [2.75, 3.05) is 6.61 Å². The van der Waals surface area contributed by atoms with Crippen LogP contribution in [0.25, 0.3) is 0 Å². The van der Waals surface area contributed by atoms with Crippen LogP contribution in [0.3, 0.4) is 0 Å². The van der Waals surface area contributed by atoms with E-state index in [1.807, 2.05) is 30.3 Å². The fourth-order valence-electron chi connectivity index (χ4n) is 2.42. The molecule has 1 aliphatic heterocycles. The maximum absolute atomic E-state index is 12.2. The number of benzene rings is 1. The van der Waals surface area contributed by atoms with E-state index in [0.717, 1.165) is 10.5 Å². The Morgan fingerprint density at radius 3 is 2.71 bits per heavy atom. The summed E-state index contributed by atoms with van der Waals surface area (Å²) < 4.78 is 10.3. The lowest BCUT2D eigenvalue weighted by molar-refractivity contribution is -0.152. The molecular weight excluding hydrogens is 310 g/mol. The van der Waals surface area contributed by atoms with Gasteiger partial charge in [-0.05, 0) is 24.8 Å². The molecule has 0 saturated carbocycles. The first kappa shape index (κ1) is 17.7. The van der Waals surface area contributed by atoms with E-state index in [4.69, 9.17) is 9.47 Å². The second-order valence-corrected chi connectivity index (χ2v) is 5.46. The van der Waals surface area contributed by atoms with Crippen LogP contribution in [0.5, 0.6) is 0 Å². The van der Waals surface area contributed by atoms with Crippen LogP contribution in [0.4, 0.5) is 4.79 Å². The average Bonchev–Trinajstić information content (AvgIpc) is 2.99. The van der Waals surface area contributed by atoms with Crippen molar-refractivity contribution in [3.05, 3.63) is 48.6 Å².